The van der Waals surface area contributed by atoms with Gasteiger partial charge >= 0.3 is 0 Å². The predicted molar refractivity (Wildman–Crippen MR) is 124 cm³/mol. The lowest BCUT2D eigenvalue weighted by Gasteiger charge is -2.23. The van der Waals surface area contributed by atoms with Crippen LogP contribution in [-0.2, 0) is 6.54 Å². The van der Waals surface area contributed by atoms with Crippen LogP contribution in [0.5, 0.6) is 5.75 Å². The molecule has 0 radical (unpaired) electrons. The van der Waals surface area contributed by atoms with Gasteiger partial charge in [-0.3, -0.25) is 4.79 Å². The van der Waals surface area contributed by atoms with Crippen LogP contribution in [0.3, 0.4) is 0 Å². The second kappa shape index (κ2) is 9.56. The average Bonchev–Trinajstić information content (AvgIpc) is 3.14. The van der Waals surface area contributed by atoms with Crippen LogP contribution >= 0.6 is 0 Å². The number of furan rings is 1. The smallest absolute Gasteiger partial charge is 0.258 e. The topological polar surface area (TPSA) is 92.5 Å². The number of carbonyl (C=O) groups is 1. The molecular weight excluding hydrogens is 406 g/mol. The van der Waals surface area contributed by atoms with Gasteiger partial charge in [-0.1, -0.05) is 0 Å². The Balaban J connectivity index is 1.60. The van der Waals surface area contributed by atoms with E-state index in [1.54, 1.807) is 11.9 Å². The molecule has 32 heavy (non-hydrogen) atoms. The third-order valence-corrected chi connectivity index (χ3v) is 5.82. The largest absolute Gasteiger partial charge is 0.494 e. The van der Waals surface area contributed by atoms with Crippen molar-refractivity contribution in [1.29, 1.82) is 0 Å². The Labute approximate surface area is 188 Å². The van der Waals surface area contributed by atoms with Gasteiger partial charge in [0.25, 0.3) is 5.91 Å². The molecule has 8 nitrogen and oxygen atoms in total. The quantitative estimate of drug-likeness (QED) is 0.582. The van der Waals surface area contributed by atoms with E-state index in [0.29, 0.717) is 30.1 Å². The minimum Gasteiger partial charge on any atom is -0.494 e. The summed E-state index contributed by atoms with van der Waals surface area (Å²) >= 11 is 0. The van der Waals surface area contributed by atoms with E-state index in [4.69, 9.17) is 14.1 Å². The van der Waals surface area contributed by atoms with Crippen molar-refractivity contribution in [3.63, 3.8) is 0 Å². The fourth-order valence-corrected chi connectivity index (χ4v) is 4.21. The summed E-state index contributed by atoms with van der Waals surface area (Å²) in [6.45, 7) is 6.61. The van der Waals surface area contributed by atoms with Crippen LogP contribution in [0.4, 0.5) is 5.82 Å². The summed E-state index contributed by atoms with van der Waals surface area (Å²) in [6, 6.07) is 7.47. The molecular formula is C24H31N5O3. The molecule has 2 N–H and O–H groups in total. The predicted octanol–water partition coefficient (Wildman–Crippen LogP) is 3.71. The van der Waals surface area contributed by atoms with Gasteiger partial charge in [-0.25, -0.2) is 9.97 Å². The molecule has 170 valence electrons. The number of carbonyl (C=O) groups excluding carboxylic acids is 1. The lowest BCUT2D eigenvalue weighted by Crippen LogP contribution is -2.30. The van der Waals surface area contributed by atoms with Gasteiger partial charge in [-0.15, -0.1) is 0 Å². The molecule has 1 atom stereocenters. The fourth-order valence-electron chi connectivity index (χ4n) is 4.21. The van der Waals surface area contributed by atoms with Crippen molar-refractivity contribution in [3.8, 4) is 5.75 Å². The Morgan fingerprint density at radius 1 is 1.34 bits per heavy atom. The monoisotopic (exact) mass is 437 g/mol. The van der Waals surface area contributed by atoms with E-state index in [1.165, 1.54) is 0 Å². The Morgan fingerprint density at radius 3 is 2.91 bits per heavy atom. The molecule has 1 aliphatic heterocycles. The lowest BCUT2D eigenvalue weighted by molar-refractivity contribution is 0.0783. The lowest BCUT2D eigenvalue weighted by atomic mass is 9.99. The summed E-state index contributed by atoms with van der Waals surface area (Å²) in [7, 11) is 3.64. The number of ether oxygens (including phenoxy) is 1. The van der Waals surface area contributed by atoms with Gasteiger partial charge in [0.15, 0.2) is 0 Å². The highest BCUT2D eigenvalue weighted by molar-refractivity contribution is 6.07. The van der Waals surface area contributed by atoms with Gasteiger partial charge < -0.3 is 24.7 Å². The first kappa shape index (κ1) is 22.1. The number of nitrogens with zero attached hydrogens (tertiary/aromatic N) is 3. The van der Waals surface area contributed by atoms with Gasteiger partial charge in [0.2, 0.25) is 0 Å². The highest BCUT2D eigenvalue weighted by Gasteiger charge is 2.24. The molecule has 4 rings (SSSR count). The molecule has 0 bridgehead atoms. The van der Waals surface area contributed by atoms with Crippen LogP contribution < -0.4 is 15.4 Å². The summed E-state index contributed by atoms with van der Waals surface area (Å²) in [6.07, 6.45) is 2.18. The molecule has 3 aromatic rings. The van der Waals surface area contributed by atoms with E-state index in [2.05, 4.69) is 15.6 Å². The van der Waals surface area contributed by atoms with E-state index in [0.717, 1.165) is 54.4 Å². The van der Waals surface area contributed by atoms with Crippen LogP contribution in [0.2, 0.25) is 0 Å². The van der Waals surface area contributed by atoms with E-state index < -0.39 is 0 Å². The van der Waals surface area contributed by atoms with Gasteiger partial charge in [-0.05, 0) is 51.4 Å². The molecule has 8 heteroatoms. The first-order chi connectivity index (χ1) is 15.5. The molecule has 1 fully saturated rings. The van der Waals surface area contributed by atoms with Crippen molar-refractivity contribution in [2.75, 3.05) is 39.1 Å². The van der Waals surface area contributed by atoms with Crippen molar-refractivity contribution < 1.29 is 13.9 Å². The van der Waals surface area contributed by atoms with Gasteiger partial charge in [0.05, 0.1) is 24.4 Å². The SMILES string of the molecule is CCOc1ccc2oc(C)c(C(=O)N(C)Cc3cc(NC)nc([C@@H]4CCCNC4)n3)c2c1. The van der Waals surface area contributed by atoms with Gasteiger partial charge in [-0.2, -0.15) is 0 Å². The molecule has 3 heterocycles. The van der Waals surface area contributed by atoms with Crippen LogP contribution in [-0.4, -0.2) is 54.6 Å². The molecule has 0 spiro atoms. The summed E-state index contributed by atoms with van der Waals surface area (Å²) in [5.74, 6) is 3.08. The number of hydrogen-bond acceptors (Lipinski definition) is 7. The molecule has 2 aromatic heterocycles. The number of piperidine rings is 1. The third-order valence-electron chi connectivity index (χ3n) is 5.82. The Bertz CT molecular complexity index is 1100. The normalized spacial score (nSPS) is 16.2. The van der Waals surface area contributed by atoms with Gasteiger partial charge in [0.1, 0.15) is 28.7 Å². The second-order valence-electron chi connectivity index (χ2n) is 8.18. The van der Waals surface area contributed by atoms with Crippen molar-refractivity contribution in [1.82, 2.24) is 20.2 Å². The molecule has 0 unspecified atom stereocenters. The third kappa shape index (κ3) is 4.55. The van der Waals surface area contributed by atoms with E-state index in [9.17, 15) is 4.79 Å². The highest BCUT2D eigenvalue weighted by Crippen LogP contribution is 2.30. The van der Waals surface area contributed by atoms with E-state index in [-0.39, 0.29) is 11.8 Å². The number of aromatic nitrogens is 2. The Hall–Kier alpha value is -3.13. The highest BCUT2D eigenvalue weighted by atomic mass is 16.5. The first-order valence-corrected chi connectivity index (χ1v) is 11.2. The van der Waals surface area contributed by atoms with E-state index >= 15 is 0 Å². The maximum Gasteiger partial charge on any atom is 0.258 e. The number of hydrogen-bond donors (Lipinski definition) is 2. The number of aryl methyl sites for hydroxylation is 1. The van der Waals surface area contributed by atoms with Crippen molar-refractivity contribution in [2.45, 2.75) is 39.2 Å². The van der Waals surface area contributed by atoms with Crippen molar-refractivity contribution in [2.24, 2.45) is 0 Å². The average molecular weight is 438 g/mol. The molecule has 1 aliphatic rings. The first-order valence-electron chi connectivity index (χ1n) is 11.2. The fraction of sp³-hybridized carbons (Fsp3) is 0.458. The van der Waals surface area contributed by atoms with Crippen LogP contribution in [0.25, 0.3) is 11.0 Å². The molecule has 1 amide bonds. The number of nitrogens with one attached hydrogen (secondary N) is 2. The summed E-state index contributed by atoms with van der Waals surface area (Å²) in [5, 5.41) is 7.31. The van der Waals surface area contributed by atoms with Crippen molar-refractivity contribution >= 4 is 22.7 Å². The van der Waals surface area contributed by atoms with Gasteiger partial charge in [0, 0.05) is 38.0 Å². The maximum absolute atomic E-state index is 13.4. The minimum atomic E-state index is -0.111. The van der Waals surface area contributed by atoms with E-state index in [1.807, 2.05) is 45.2 Å². The number of anilines is 1. The molecule has 0 aliphatic carbocycles. The summed E-state index contributed by atoms with van der Waals surface area (Å²) in [5.41, 5.74) is 2.04. The maximum atomic E-state index is 13.4. The number of rotatable bonds is 7. The standard InChI is InChI=1S/C24H31N5O3/c1-5-31-18-8-9-20-19(12-18)22(15(2)32-20)24(30)29(4)14-17-11-21(25-3)28-23(27-17)16-7-6-10-26-13-16/h8-9,11-12,16,26H,5-7,10,13-14H2,1-4H3,(H,25,27,28)/t16-/m1/s1. The number of benzene rings is 1. The van der Waals surface area contributed by atoms with Crippen LogP contribution in [0.15, 0.2) is 28.7 Å². The zero-order valence-electron chi connectivity index (χ0n) is 19.2. The summed E-state index contributed by atoms with van der Waals surface area (Å²) < 4.78 is 11.5. The molecule has 1 saturated heterocycles. The minimum absolute atomic E-state index is 0.111. The van der Waals surface area contributed by atoms with Crippen molar-refractivity contribution in [3.05, 3.63) is 47.1 Å². The molecule has 0 saturated carbocycles. The van der Waals surface area contributed by atoms with Crippen LogP contribution in [0, 0.1) is 6.92 Å². The number of amides is 1. The molecule has 1 aromatic carbocycles. The number of fused-ring (bicyclic) bond motifs is 1. The van der Waals surface area contributed by atoms with Crippen LogP contribution in [0.1, 0.15) is 53.3 Å². The second-order valence-corrected chi connectivity index (χ2v) is 8.18. The summed E-state index contributed by atoms with van der Waals surface area (Å²) in [4.78, 5) is 24.6. The zero-order valence-corrected chi connectivity index (χ0v) is 19.2. The zero-order chi connectivity index (χ0) is 22.7. The Morgan fingerprint density at radius 2 is 2.19 bits per heavy atom. The Kier molecular flexibility index (Phi) is 6.60.